The molecule has 6 nitrogen and oxygen atoms in total. The van der Waals surface area contributed by atoms with Crippen LogP contribution in [0.15, 0.2) is 23.3 Å². The van der Waals surface area contributed by atoms with E-state index in [0.717, 1.165) is 18.4 Å². The fraction of sp³-hybridized carbons (Fsp3) is 0.700. The molecule has 1 saturated heterocycles. The van der Waals surface area contributed by atoms with E-state index in [9.17, 15) is 9.59 Å². The van der Waals surface area contributed by atoms with Crippen molar-refractivity contribution >= 4 is 11.9 Å². The molecule has 0 radical (unpaired) electrons. The van der Waals surface area contributed by atoms with Crippen molar-refractivity contribution in [2.75, 3.05) is 13.2 Å². The third-order valence-electron chi connectivity index (χ3n) is 3.71. The summed E-state index contributed by atoms with van der Waals surface area (Å²) in [6.07, 6.45) is 4.14. The predicted octanol–water partition coefficient (Wildman–Crippen LogP) is 3.70. The highest BCUT2D eigenvalue weighted by atomic mass is 16.8. The van der Waals surface area contributed by atoms with Crippen molar-refractivity contribution in [2.24, 2.45) is 0 Å². The lowest BCUT2D eigenvalue weighted by atomic mass is 10.1. The maximum absolute atomic E-state index is 12.2. The zero-order chi connectivity index (χ0) is 19.5. The van der Waals surface area contributed by atoms with E-state index < -0.39 is 30.4 Å². The van der Waals surface area contributed by atoms with Crippen LogP contribution in [-0.2, 0) is 28.5 Å². The molecule has 2 atom stereocenters. The van der Waals surface area contributed by atoms with Gasteiger partial charge in [0, 0.05) is 0 Å². The van der Waals surface area contributed by atoms with Crippen LogP contribution in [0.5, 0.6) is 0 Å². The van der Waals surface area contributed by atoms with Crippen LogP contribution in [-0.4, -0.2) is 43.7 Å². The molecular formula is C20H32O6. The average Bonchev–Trinajstić information content (AvgIpc) is 3.01. The molecule has 26 heavy (non-hydrogen) atoms. The Morgan fingerprint density at radius 2 is 1.42 bits per heavy atom. The summed E-state index contributed by atoms with van der Waals surface area (Å²) in [5.41, 5.74) is 2.33. The van der Waals surface area contributed by atoms with Gasteiger partial charge in [-0.3, -0.25) is 0 Å². The maximum Gasteiger partial charge on any atom is 0.338 e. The standard InChI is InChI=1S/C20H32O6/c1-6-11-23-19(21)17-18(20(22)24-12-7-2)26-16(25-17)13-15(5)10-8-9-14(3)4/h9,13,16-18H,6-8,10-12H2,1-5H3/t17-,18-/m1/s1. The lowest BCUT2D eigenvalue weighted by Gasteiger charge is -2.14. The summed E-state index contributed by atoms with van der Waals surface area (Å²) in [7, 11) is 0. The number of hydrogen-bond donors (Lipinski definition) is 0. The molecular weight excluding hydrogens is 336 g/mol. The molecule has 0 N–H and O–H groups in total. The molecule has 1 rings (SSSR count). The van der Waals surface area contributed by atoms with E-state index in [1.54, 1.807) is 6.08 Å². The predicted molar refractivity (Wildman–Crippen MR) is 98.5 cm³/mol. The molecule has 0 amide bonds. The van der Waals surface area contributed by atoms with Gasteiger partial charge in [-0.25, -0.2) is 9.59 Å². The second-order valence-electron chi connectivity index (χ2n) is 6.65. The topological polar surface area (TPSA) is 71.1 Å². The molecule has 0 saturated carbocycles. The van der Waals surface area contributed by atoms with Crippen molar-refractivity contribution in [1.29, 1.82) is 0 Å². The van der Waals surface area contributed by atoms with Gasteiger partial charge < -0.3 is 18.9 Å². The van der Waals surface area contributed by atoms with Crippen molar-refractivity contribution in [1.82, 2.24) is 0 Å². The minimum atomic E-state index is -1.10. The van der Waals surface area contributed by atoms with Crippen LogP contribution in [0.25, 0.3) is 0 Å². The number of carbonyl (C=O) groups excluding carboxylic acids is 2. The van der Waals surface area contributed by atoms with Crippen molar-refractivity contribution < 1.29 is 28.5 Å². The molecule has 0 aliphatic carbocycles. The molecule has 1 aliphatic heterocycles. The summed E-state index contributed by atoms with van der Waals surface area (Å²) in [5.74, 6) is -1.19. The van der Waals surface area contributed by atoms with Crippen LogP contribution in [0.1, 0.15) is 60.3 Å². The van der Waals surface area contributed by atoms with Crippen LogP contribution in [0.3, 0.4) is 0 Å². The average molecular weight is 368 g/mol. The Labute approximate surface area is 156 Å². The summed E-state index contributed by atoms with van der Waals surface area (Å²) >= 11 is 0. The summed E-state index contributed by atoms with van der Waals surface area (Å²) in [6.45, 7) is 10.4. The first-order valence-electron chi connectivity index (χ1n) is 9.33. The third kappa shape index (κ3) is 7.70. The smallest absolute Gasteiger partial charge is 0.338 e. The van der Waals surface area contributed by atoms with Gasteiger partial charge in [0.15, 0.2) is 18.5 Å². The quantitative estimate of drug-likeness (QED) is 0.432. The van der Waals surface area contributed by atoms with Crippen LogP contribution in [0, 0.1) is 0 Å². The molecule has 0 unspecified atom stereocenters. The lowest BCUT2D eigenvalue weighted by Crippen LogP contribution is -2.39. The van der Waals surface area contributed by atoms with Gasteiger partial charge in [0.25, 0.3) is 0 Å². The molecule has 0 spiro atoms. The van der Waals surface area contributed by atoms with Crippen LogP contribution < -0.4 is 0 Å². The Kier molecular flexibility index (Phi) is 10.2. The fourth-order valence-corrected chi connectivity index (χ4v) is 2.37. The first kappa shape index (κ1) is 22.4. The summed E-state index contributed by atoms with van der Waals surface area (Å²) in [5, 5.41) is 0. The number of allylic oxidation sites excluding steroid dienone is 3. The molecule has 1 fully saturated rings. The van der Waals surface area contributed by atoms with Crippen LogP contribution in [0.2, 0.25) is 0 Å². The summed E-state index contributed by atoms with van der Waals surface area (Å²) in [6, 6.07) is 0. The Morgan fingerprint density at radius 1 is 0.923 bits per heavy atom. The van der Waals surface area contributed by atoms with E-state index in [2.05, 4.69) is 19.9 Å². The molecule has 1 aliphatic rings. The summed E-state index contributed by atoms with van der Waals surface area (Å²) in [4.78, 5) is 24.4. The second kappa shape index (κ2) is 11.9. The molecule has 0 aromatic heterocycles. The third-order valence-corrected chi connectivity index (χ3v) is 3.71. The van der Waals surface area contributed by atoms with Gasteiger partial charge >= 0.3 is 11.9 Å². The Hall–Kier alpha value is -1.66. The second-order valence-corrected chi connectivity index (χ2v) is 6.65. The van der Waals surface area contributed by atoms with Gasteiger partial charge in [-0.15, -0.1) is 0 Å². The monoisotopic (exact) mass is 368 g/mol. The minimum absolute atomic E-state index is 0.275. The fourth-order valence-electron chi connectivity index (χ4n) is 2.37. The Bertz CT molecular complexity index is 490. The molecule has 1 heterocycles. The van der Waals surface area contributed by atoms with Crippen molar-refractivity contribution in [3.05, 3.63) is 23.3 Å². The van der Waals surface area contributed by atoms with E-state index in [4.69, 9.17) is 18.9 Å². The first-order valence-corrected chi connectivity index (χ1v) is 9.33. The number of ether oxygens (including phenoxy) is 4. The number of rotatable bonds is 10. The van der Waals surface area contributed by atoms with E-state index in [0.29, 0.717) is 12.8 Å². The van der Waals surface area contributed by atoms with Crippen LogP contribution in [0.4, 0.5) is 0 Å². The van der Waals surface area contributed by atoms with Crippen molar-refractivity contribution in [3.8, 4) is 0 Å². The van der Waals surface area contributed by atoms with Gasteiger partial charge in [-0.1, -0.05) is 31.1 Å². The number of esters is 2. The summed E-state index contributed by atoms with van der Waals surface area (Å²) < 4.78 is 21.5. The molecule has 0 aromatic rings. The number of hydrogen-bond acceptors (Lipinski definition) is 6. The largest absolute Gasteiger partial charge is 0.464 e. The van der Waals surface area contributed by atoms with Crippen molar-refractivity contribution in [3.63, 3.8) is 0 Å². The maximum atomic E-state index is 12.2. The number of carbonyl (C=O) groups is 2. The van der Waals surface area contributed by atoms with E-state index in [-0.39, 0.29) is 13.2 Å². The van der Waals surface area contributed by atoms with Gasteiger partial charge in [-0.05, 0) is 52.5 Å². The van der Waals surface area contributed by atoms with E-state index in [1.165, 1.54) is 5.57 Å². The van der Waals surface area contributed by atoms with E-state index in [1.807, 2.05) is 20.8 Å². The van der Waals surface area contributed by atoms with Gasteiger partial charge in [-0.2, -0.15) is 0 Å². The van der Waals surface area contributed by atoms with Gasteiger partial charge in [0.05, 0.1) is 13.2 Å². The van der Waals surface area contributed by atoms with Crippen molar-refractivity contribution in [2.45, 2.75) is 78.8 Å². The normalized spacial score (nSPS) is 20.7. The highest BCUT2D eigenvalue weighted by Gasteiger charge is 2.46. The SMILES string of the molecule is CCCOC(=O)[C@@H]1OC(C=C(C)CCC=C(C)C)O[C@H]1C(=O)OCCC. The highest BCUT2D eigenvalue weighted by molar-refractivity contribution is 5.86. The Balaban J connectivity index is 2.76. The zero-order valence-corrected chi connectivity index (χ0v) is 16.6. The molecule has 148 valence electrons. The highest BCUT2D eigenvalue weighted by Crippen LogP contribution is 2.24. The lowest BCUT2D eigenvalue weighted by molar-refractivity contribution is -0.163. The first-order chi connectivity index (χ1) is 12.4. The van der Waals surface area contributed by atoms with Gasteiger partial charge in [0.2, 0.25) is 0 Å². The van der Waals surface area contributed by atoms with Gasteiger partial charge in [0.1, 0.15) is 0 Å². The molecule has 6 heteroatoms. The minimum Gasteiger partial charge on any atom is -0.464 e. The molecule has 0 bridgehead atoms. The zero-order valence-electron chi connectivity index (χ0n) is 16.6. The molecule has 0 aromatic carbocycles. The van der Waals surface area contributed by atoms with E-state index >= 15 is 0 Å². The van der Waals surface area contributed by atoms with Crippen LogP contribution >= 0.6 is 0 Å². The Morgan fingerprint density at radius 3 is 1.85 bits per heavy atom.